The second kappa shape index (κ2) is 16.6. The number of carbonyl (C=O) groups excluding carboxylic acids is 5. The third-order valence-corrected chi connectivity index (χ3v) is 8.86. The fourth-order valence-corrected chi connectivity index (χ4v) is 5.97. The van der Waals surface area contributed by atoms with Crippen LogP contribution in [0.1, 0.15) is 63.1 Å². The fraction of sp³-hybridized carbons (Fsp3) is 0.500. The number of ether oxygens (including phenoxy) is 1. The first-order valence-electron chi connectivity index (χ1n) is 16.1. The van der Waals surface area contributed by atoms with E-state index in [9.17, 15) is 37.9 Å². The fourth-order valence-electron chi connectivity index (χ4n) is 5.97. The number of halogens is 2. The van der Waals surface area contributed by atoms with Crippen molar-refractivity contribution in [1.29, 1.82) is 0 Å². The van der Waals surface area contributed by atoms with Crippen LogP contribution in [0.5, 0.6) is 0 Å². The normalized spacial score (nSPS) is 24.3. The second-order valence-corrected chi connectivity index (χ2v) is 12.6. The molecule has 2 saturated heterocycles. The van der Waals surface area contributed by atoms with Crippen molar-refractivity contribution in [3.8, 4) is 0 Å². The van der Waals surface area contributed by atoms with E-state index in [0.29, 0.717) is 37.2 Å². The van der Waals surface area contributed by atoms with Gasteiger partial charge in [0, 0.05) is 31.6 Å². The van der Waals surface area contributed by atoms with Gasteiger partial charge in [-0.1, -0.05) is 38.1 Å². The molecule has 48 heavy (non-hydrogen) atoms. The molecule has 0 saturated carbocycles. The van der Waals surface area contributed by atoms with Crippen molar-refractivity contribution in [2.45, 2.75) is 75.5 Å². The molecule has 0 bridgehead atoms. The first-order chi connectivity index (χ1) is 22.9. The smallest absolute Gasteiger partial charge is 0.245 e. The molecular formula is C34H43F2N5O7. The van der Waals surface area contributed by atoms with Gasteiger partial charge >= 0.3 is 0 Å². The molecule has 12 nitrogen and oxygen atoms in total. The first-order valence-corrected chi connectivity index (χ1v) is 16.1. The Labute approximate surface area is 277 Å². The third-order valence-electron chi connectivity index (χ3n) is 8.86. The summed E-state index contributed by atoms with van der Waals surface area (Å²) in [4.78, 5) is 66.6. The molecule has 0 aromatic heterocycles. The molecule has 14 heteroatoms. The molecule has 6 N–H and O–H groups in total. The molecule has 0 aliphatic carbocycles. The number of amides is 5. The lowest BCUT2D eigenvalue weighted by Gasteiger charge is -2.38. The Kier molecular flexibility index (Phi) is 12.6. The molecule has 5 amide bonds. The number of benzene rings is 2. The van der Waals surface area contributed by atoms with Crippen molar-refractivity contribution in [3.05, 3.63) is 71.3 Å². The van der Waals surface area contributed by atoms with E-state index in [0.717, 1.165) is 12.1 Å². The molecule has 2 aromatic carbocycles. The molecule has 2 fully saturated rings. The van der Waals surface area contributed by atoms with Gasteiger partial charge in [0.2, 0.25) is 29.5 Å². The largest absolute Gasteiger partial charge is 0.394 e. The lowest BCUT2D eigenvalue weighted by atomic mass is 9.74. The number of rotatable bonds is 7. The van der Waals surface area contributed by atoms with Crippen LogP contribution in [-0.2, 0) is 34.1 Å². The van der Waals surface area contributed by atoms with Gasteiger partial charge in [0.15, 0.2) is 0 Å². The van der Waals surface area contributed by atoms with Crippen LogP contribution in [0.4, 0.5) is 8.78 Å². The van der Waals surface area contributed by atoms with Gasteiger partial charge in [-0.3, -0.25) is 24.0 Å². The van der Waals surface area contributed by atoms with E-state index in [1.54, 1.807) is 26.0 Å². The Hall–Kier alpha value is -4.43. The highest BCUT2D eigenvalue weighted by atomic mass is 19.1. The highest BCUT2D eigenvalue weighted by Crippen LogP contribution is 2.34. The van der Waals surface area contributed by atoms with E-state index in [4.69, 9.17) is 4.74 Å². The minimum Gasteiger partial charge on any atom is -0.394 e. The Morgan fingerprint density at radius 1 is 0.938 bits per heavy atom. The van der Waals surface area contributed by atoms with E-state index < -0.39 is 89.7 Å². The Morgan fingerprint density at radius 3 is 2.29 bits per heavy atom. The van der Waals surface area contributed by atoms with Crippen LogP contribution in [0.25, 0.3) is 0 Å². The maximum absolute atomic E-state index is 14.2. The highest BCUT2D eigenvalue weighted by molar-refractivity contribution is 5.93. The Balaban J connectivity index is 1.61. The summed E-state index contributed by atoms with van der Waals surface area (Å²) in [6, 6.07) is 6.54. The molecular weight excluding hydrogens is 628 g/mol. The number of aliphatic hydroxyl groups excluding tert-OH is 1. The summed E-state index contributed by atoms with van der Waals surface area (Å²) in [6.07, 6.45) is 0.280. The summed E-state index contributed by atoms with van der Waals surface area (Å²) in [5.41, 5.74) is 0.436. The zero-order chi connectivity index (χ0) is 34.8. The molecule has 260 valence electrons. The molecule has 2 heterocycles. The van der Waals surface area contributed by atoms with Crippen molar-refractivity contribution >= 4 is 29.5 Å². The van der Waals surface area contributed by atoms with Crippen LogP contribution in [0.3, 0.4) is 0 Å². The topological polar surface area (TPSA) is 175 Å². The lowest BCUT2D eigenvalue weighted by molar-refractivity contribution is -0.134. The number of hydrogen-bond donors (Lipinski definition) is 6. The van der Waals surface area contributed by atoms with Gasteiger partial charge in [0.05, 0.1) is 19.1 Å². The van der Waals surface area contributed by atoms with Crippen LogP contribution in [-0.4, -0.2) is 79.1 Å². The number of carbonyl (C=O) groups is 5. The lowest BCUT2D eigenvalue weighted by Crippen LogP contribution is -2.56. The van der Waals surface area contributed by atoms with Gasteiger partial charge in [0.25, 0.3) is 0 Å². The molecule has 0 unspecified atom stereocenters. The van der Waals surface area contributed by atoms with E-state index >= 15 is 0 Å². The quantitative estimate of drug-likeness (QED) is 0.257. The van der Waals surface area contributed by atoms with E-state index in [2.05, 4.69) is 26.6 Å². The predicted octanol–water partition coefficient (Wildman–Crippen LogP) is 1.27. The van der Waals surface area contributed by atoms with Crippen LogP contribution < -0.4 is 26.6 Å². The molecule has 0 radical (unpaired) electrons. The van der Waals surface area contributed by atoms with Crippen molar-refractivity contribution in [2.75, 3.05) is 26.4 Å². The van der Waals surface area contributed by atoms with Crippen molar-refractivity contribution in [2.24, 2.45) is 5.92 Å². The minimum atomic E-state index is -1.42. The highest BCUT2D eigenvalue weighted by Gasteiger charge is 2.37. The number of nitrogens with one attached hydrogen (secondary N) is 5. The van der Waals surface area contributed by atoms with E-state index in [1.807, 2.05) is 0 Å². The second-order valence-electron chi connectivity index (χ2n) is 12.6. The summed E-state index contributed by atoms with van der Waals surface area (Å²) >= 11 is 0. The summed E-state index contributed by atoms with van der Waals surface area (Å²) in [6.45, 7) is 3.54. The van der Waals surface area contributed by atoms with Gasteiger partial charge in [0.1, 0.15) is 29.8 Å². The minimum absolute atomic E-state index is 0.115. The zero-order valence-electron chi connectivity index (χ0n) is 27.0. The molecule has 4 atom stereocenters. The Bertz CT molecular complexity index is 1470. The van der Waals surface area contributed by atoms with Crippen molar-refractivity contribution in [1.82, 2.24) is 26.6 Å². The van der Waals surface area contributed by atoms with Crippen molar-refractivity contribution in [3.63, 3.8) is 0 Å². The average molecular weight is 672 g/mol. The van der Waals surface area contributed by atoms with Crippen LogP contribution >= 0.6 is 0 Å². The van der Waals surface area contributed by atoms with Crippen LogP contribution in [0, 0.1) is 17.6 Å². The standard InChI is InChI=1S/C34H43F2N5O7/c1-20(2)30-33(47)40-27(18-42)32(46)39-26(21-6-8-23(35)9-7-21)17-29(44)38-25(10-11-28(43)41-30)31(45)37-19-34(12-14-48-15-13-34)22-4-3-5-24(36)16-22/h3-9,16,20,25-27,30,42H,10-15,17-19H2,1-2H3,(H,37,45)(H,38,44)(H,39,46)(H,40,47)(H,41,43)/t25-,26+,27-,30+/m0/s1. The molecule has 2 aliphatic rings. The number of aliphatic hydroxyl groups is 1. The van der Waals surface area contributed by atoms with E-state index in [1.165, 1.54) is 24.3 Å². The number of hydrogen-bond acceptors (Lipinski definition) is 7. The summed E-state index contributed by atoms with van der Waals surface area (Å²) in [7, 11) is 0. The Morgan fingerprint density at radius 2 is 1.65 bits per heavy atom. The van der Waals surface area contributed by atoms with Gasteiger partial charge in [-0.05, 0) is 60.6 Å². The maximum Gasteiger partial charge on any atom is 0.245 e. The summed E-state index contributed by atoms with van der Waals surface area (Å²) < 4.78 is 33.5. The summed E-state index contributed by atoms with van der Waals surface area (Å²) in [5.74, 6) is -4.68. The first kappa shape index (κ1) is 36.4. The summed E-state index contributed by atoms with van der Waals surface area (Å²) in [5, 5.41) is 23.2. The average Bonchev–Trinajstić information content (AvgIpc) is 3.06. The third kappa shape index (κ3) is 9.57. The monoisotopic (exact) mass is 671 g/mol. The zero-order valence-corrected chi connectivity index (χ0v) is 27.0. The SMILES string of the molecule is CC(C)[C@H]1NC(=O)CC[C@@H](C(=O)NCC2(c3cccc(F)c3)CCOCC2)NC(=O)C[C@H](c2ccc(F)cc2)NC(=O)[C@H](CO)NC1=O. The molecule has 4 rings (SSSR count). The predicted molar refractivity (Wildman–Crippen MR) is 170 cm³/mol. The maximum atomic E-state index is 14.2. The van der Waals surface area contributed by atoms with Crippen molar-refractivity contribution < 1.29 is 42.6 Å². The van der Waals surface area contributed by atoms with Gasteiger partial charge in [-0.25, -0.2) is 8.78 Å². The van der Waals surface area contributed by atoms with Gasteiger partial charge in [-0.15, -0.1) is 0 Å². The molecule has 2 aromatic rings. The van der Waals surface area contributed by atoms with Gasteiger partial charge in [-0.2, -0.15) is 0 Å². The van der Waals surface area contributed by atoms with Gasteiger partial charge < -0.3 is 36.4 Å². The van der Waals surface area contributed by atoms with Crippen LogP contribution in [0.15, 0.2) is 48.5 Å². The van der Waals surface area contributed by atoms with E-state index in [-0.39, 0.29) is 19.4 Å². The molecule has 0 spiro atoms. The van der Waals surface area contributed by atoms with Crippen LogP contribution in [0.2, 0.25) is 0 Å². The molecule has 2 aliphatic heterocycles.